The minimum absolute atomic E-state index is 0.0514. The lowest BCUT2D eigenvalue weighted by atomic mass is 9.99. The van der Waals surface area contributed by atoms with Crippen LogP contribution in [0.3, 0.4) is 0 Å². The Morgan fingerprint density at radius 3 is 2.73 bits per heavy atom. The first-order chi connectivity index (χ1) is 15.9. The predicted octanol–water partition coefficient (Wildman–Crippen LogP) is 3.22. The molecule has 172 valence electrons. The van der Waals surface area contributed by atoms with E-state index in [1.807, 2.05) is 79.2 Å². The van der Waals surface area contributed by atoms with Gasteiger partial charge in [0.25, 0.3) is 5.91 Å². The number of amides is 2. The Morgan fingerprint density at radius 1 is 1.18 bits per heavy atom. The molecule has 2 amide bonds. The number of pyridine rings is 2. The Morgan fingerprint density at radius 2 is 1.97 bits per heavy atom. The number of nitrogens with one attached hydrogen (secondary N) is 1. The fraction of sp³-hybridized carbons (Fsp3) is 0.385. The molecule has 0 bridgehead atoms. The highest BCUT2D eigenvalue weighted by molar-refractivity contribution is 6.06. The molecule has 1 fully saturated rings. The van der Waals surface area contributed by atoms with Gasteiger partial charge >= 0.3 is 0 Å². The first-order valence-electron chi connectivity index (χ1n) is 11.5. The molecule has 0 radical (unpaired) electrons. The van der Waals surface area contributed by atoms with E-state index in [1.165, 1.54) is 0 Å². The number of hydrogen-bond donors (Lipinski definition) is 1. The number of aromatic nitrogens is 2. The summed E-state index contributed by atoms with van der Waals surface area (Å²) in [5.41, 5.74) is 3.27. The van der Waals surface area contributed by atoms with Crippen LogP contribution in [0.2, 0.25) is 0 Å². The number of likely N-dealkylation sites (tertiary alicyclic amines) is 1. The first kappa shape index (κ1) is 22.9. The van der Waals surface area contributed by atoms with E-state index in [0.717, 1.165) is 28.7 Å². The fourth-order valence-electron chi connectivity index (χ4n) is 4.32. The molecule has 1 saturated heterocycles. The van der Waals surface area contributed by atoms with Gasteiger partial charge in [-0.15, -0.1) is 0 Å². The predicted molar refractivity (Wildman–Crippen MR) is 129 cm³/mol. The van der Waals surface area contributed by atoms with Gasteiger partial charge in [0.05, 0.1) is 23.3 Å². The number of rotatable bonds is 7. The lowest BCUT2D eigenvalue weighted by molar-refractivity contribution is -0.131. The second-order valence-corrected chi connectivity index (χ2v) is 9.06. The zero-order valence-electron chi connectivity index (χ0n) is 19.5. The van der Waals surface area contributed by atoms with Crippen molar-refractivity contribution in [3.05, 3.63) is 71.7 Å². The van der Waals surface area contributed by atoms with Crippen molar-refractivity contribution >= 4 is 22.7 Å². The van der Waals surface area contributed by atoms with Crippen LogP contribution in [0.1, 0.15) is 47.9 Å². The number of benzene rings is 1. The van der Waals surface area contributed by atoms with Crippen molar-refractivity contribution in [2.24, 2.45) is 0 Å². The topological polar surface area (TPSA) is 78.4 Å². The molecule has 1 aliphatic rings. The number of nitrogens with zero attached hydrogens (tertiary/aromatic N) is 4. The summed E-state index contributed by atoms with van der Waals surface area (Å²) in [5, 5.41) is 3.84. The Balaban J connectivity index is 1.46. The molecular weight excluding hydrogens is 414 g/mol. The SMILES string of the molecule is CC(C)NC(=O)c1cc(C2CCN(C(=O)CN(C)Cc3ccccn3)C2)nc2ccccc12. The molecule has 7 heteroatoms. The molecule has 1 atom stereocenters. The molecule has 3 aromatic rings. The second-order valence-electron chi connectivity index (χ2n) is 9.06. The van der Waals surface area contributed by atoms with Crippen molar-refractivity contribution in [1.82, 2.24) is 25.1 Å². The highest BCUT2D eigenvalue weighted by atomic mass is 16.2. The Kier molecular flexibility index (Phi) is 6.99. The van der Waals surface area contributed by atoms with Gasteiger partial charge in [-0.25, -0.2) is 0 Å². The molecule has 33 heavy (non-hydrogen) atoms. The smallest absolute Gasteiger partial charge is 0.252 e. The van der Waals surface area contributed by atoms with E-state index < -0.39 is 0 Å². The van der Waals surface area contributed by atoms with Gasteiger partial charge in [0.1, 0.15) is 0 Å². The van der Waals surface area contributed by atoms with E-state index in [2.05, 4.69) is 10.3 Å². The maximum atomic E-state index is 12.9. The summed E-state index contributed by atoms with van der Waals surface area (Å²) in [6, 6.07) is 15.5. The van der Waals surface area contributed by atoms with Crippen LogP contribution >= 0.6 is 0 Å². The van der Waals surface area contributed by atoms with Crippen molar-refractivity contribution in [3.63, 3.8) is 0 Å². The Bertz CT molecular complexity index is 1130. The van der Waals surface area contributed by atoms with Crippen LogP contribution in [0.4, 0.5) is 0 Å². The molecule has 0 saturated carbocycles. The van der Waals surface area contributed by atoms with E-state index >= 15 is 0 Å². The summed E-state index contributed by atoms with van der Waals surface area (Å²) in [7, 11) is 1.94. The van der Waals surface area contributed by atoms with E-state index in [0.29, 0.717) is 31.7 Å². The number of likely N-dealkylation sites (N-methyl/N-ethyl adjacent to an activating group) is 1. The van der Waals surface area contributed by atoms with Gasteiger partial charge in [-0.1, -0.05) is 24.3 Å². The van der Waals surface area contributed by atoms with Crippen LogP contribution in [0.5, 0.6) is 0 Å². The zero-order chi connectivity index (χ0) is 23.4. The molecule has 1 aromatic carbocycles. The molecule has 7 nitrogen and oxygen atoms in total. The van der Waals surface area contributed by atoms with Crippen molar-refractivity contribution in [2.45, 2.75) is 38.8 Å². The third kappa shape index (κ3) is 5.54. The summed E-state index contributed by atoms with van der Waals surface area (Å²) in [6.07, 6.45) is 2.61. The largest absolute Gasteiger partial charge is 0.350 e. The summed E-state index contributed by atoms with van der Waals surface area (Å²) >= 11 is 0. The average Bonchev–Trinajstić information content (AvgIpc) is 3.29. The van der Waals surface area contributed by atoms with Gasteiger partial charge in [-0.2, -0.15) is 0 Å². The molecule has 0 spiro atoms. The monoisotopic (exact) mass is 445 g/mol. The van der Waals surface area contributed by atoms with E-state index in [4.69, 9.17) is 4.98 Å². The molecule has 4 rings (SSSR count). The standard InChI is InChI=1S/C26H31N5O2/c1-18(2)28-26(33)22-14-24(29-23-10-5-4-9-21(22)23)19-11-13-31(15-19)25(32)17-30(3)16-20-8-6-7-12-27-20/h4-10,12,14,18-19H,11,13,15-17H2,1-3H3,(H,28,33). The summed E-state index contributed by atoms with van der Waals surface area (Å²) < 4.78 is 0. The molecule has 1 unspecified atom stereocenters. The molecule has 0 aliphatic carbocycles. The van der Waals surface area contributed by atoms with E-state index in [-0.39, 0.29) is 23.8 Å². The van der Waals surface area contributed by atoms with Crippen molar-refractivity contribution in [2.75, 3.05) is 26.7 Å². The highest BCUT2D eigenvalue weighted by Gasteiger charge is 2.29. The van der Waals surface area contributed by atoms with Gasteiger partial charge < -0.3 is 10.2 Å². The van der Waals surface area contributed by atoms with Crippen molar-refractivity contribution in [3.8, 4) is 0 Å². The third-order valence-electron chi connectivity index (χ3n) is 5.92. The van der Waals surface area contributed by atoms with Gasteiger partial charge in [-0.3, -0.25) is 24.5 Å². The molecular formula is C26H31N5O2. The molecule has 1 aliphatic heterocycles. The summed E-state index contributed by atoms with van der Waals surface area (Å²) in [6.45, 7) is 6.19. The van der Waals surface area contributed by atoms with E-state index in [1.54, 1.807) is 6.20 Å². The minimum atomic E-state index is -0.0908. The lowest BCUT2D eigenvalue weighted by Crippen LogP contribution is -2.37. The normalized spacial score (nSPS) is 16.0. The summed E-state index contributed by atoms with van der Waals surface area (Å²) in [5.74, 6) is 0.131. The number of para-hydroxylation sites is 1. The average molecular weight is 446 g/mol. The van der Waals surface area contributed by atoms with E-state index in [9.17, 15) is 9.59 Å². The number of hydrogen-bond acceptors (Lipinski definition) is 5. The van der Waals surface area contributed by atoms with Crippen LogP contribution < -0.4 is 5.32 Å². The molecule has 2 aromatic heterocycles. The number of carbonyl (C=O) groups excluding carboxylic acids is 2. The van der Waals surface area contributed by atoms with Gasteiger partial charge in [0.15, 0.2) is 0 Å². The van der Waals surface area contributed by atoms with Gasteiger partial charge in [0.2, 0.25) is 5.91 Å². The van der Waals surface area contributed by atoms with Crippen molar-refractivity contribution in [1.29, 1.82) is 0 Å². The highest BCUT2D eigenvalue weighted by Crippen LogP contribution is 2.29. The van der Waals surface area contributed by atoms with Crippen LogP contribution in [-0.4, -0.2) is 64.3 Å². The van der Waals surface area contributed by atoms with Crippen LogP contribution in [0.25, 0.3) is 10.9 Å². The number of carbonyl (C=O) groups is 2. The zero-order valence-corrected chi connectivity index (χ0v) is 19.5. The molecule has 1 N–H and O–H groups in total. The quantitative estimate of drug-likeness (QED) is 0.604. The summed E-state index contributed by atoms with van der Waals surface area (Å²) in [4.78, 5) is 38.9. The fourth-order valence-corrected chi connectivity index (χ4v) is 4.32. The number of fused-ring (bicyclic) bond motifs is 1. The van der Waals surface area contributed by atoms with Crippen LogP contribution in [-0.2, 0) is 11.3 Å². The second kappa shape index (κ2) is 10.1. The lowest BCUT2D eigenvalue weighted by Gasteiger charge is -2.21. The first-order valence-corrected chi connectivity index (χ1v) is 11.5. The Hall–Kier alpha value is -3.32. The minimum Gasteiger partial charge on any atom is -0.350 e. The van der Waals surface area contributed by atoms with Crippen LogP contribution in [0, 0.1) is 0 Å². The Labute approximate surface area is 194 Å². The van der Waals surface area contributed by atoms with Gasteiger partial charge in [0, 0.05) is 48.9 Å². The van der Waals surface area contributed by atoms with Gasteiger partial charge in [-0.05, 0) is 51.6 Å². The van der Waals surface area contributed by atoms with Crippen LogP contribution in [0.15, 0.2) is 54.7 Å². The maximum absolute atomic E-state index is 12.9. The third-order valence-corrected chi connectivity index (χ3v) is 5.92. The van der Waals surface area contributed by atoms with Crippen molar-refractivity contribution < 1.29 is 9.59 Å². The maximum Gasteiger partial charge on any atom is 0.252 e. The molecule has 3 heterocycles.